The van der Waals surface area contributed by atoms with Gasteiger partial charge in [-0.25, -0.2) is 4.99 Å². The van der Waals surface area contributed by atoms with Crippen molar-refractivity contribution in [1.29, 1.82) is 0 Å². The molecule has 0 aliphatic carbocycles. The van der Waals surface area contributed by atoms with E-state index in [-0.39, 0.29) is 5.91 Å². The van der Waals surface area contributed by atoms with Crippen molar-refractivity contribution in [2.24, 2.45) is 4.99 Å². The molecule has 4 rings (SSSR count). The average Bonchev–Trinajstić information content (AvgIpc) is 3.18. The molecule has 0 aromatic heterocycles. The quantitative estimate of drug-likeness (QED) is 0.703. The maximum atomic E-state index is 13.0. The Labute approximate surface area is 167 Å². The van der Waals surface area contributed by atoms with Gasteiger partial charge in [-0.15, -0.1) is 0 Å². The molecule has 2 heterocycles. The molecule has 5 nitrogen and oxygen atoms in total. The minimum atomic E-state index is 0.00584. The van der Waals surface area contributed by atoms with Gasteiger partial charge < -0.3 is 9.64 Å². The van der Waals surface area contributed by atoms with Crippen LogP contribution in [0.25, 0.3) is 0 Å². The summed E-state index contributed by atoms with van der Waals surface area (Å²) >= 11 is 3.05. The van der Waals surface area contributed by atoms with Crippen molar-refractivity contribution in [3.63, 3.8) is 0 Å². The molecule has 0 radical (unpaired) electrons. The fourth-order valence-electron chi connectivity index (χ4n) is 2.96. The van der Waals surface area contributed by atoms with Crippen LogP contribution in [0.4, 0.5) is 11.4 Å². The van der Waals surface area contributed by atoms with Crippen LogP contribution in [0.1, 0.15) is 6.92 Å². The summed E-state index contributed by atoms with van der Waals surface area (Å²) in [6, 6.07) is 15.7. The molecule has 2 aromatic rings. The van der Waals surface area contributed by atoms with Crippen molar-refractivity contribution in [3.05, 3.63) is 58.5 Å². The molecule has 7 heteroatoms. The minimum Gasteiger partial charge on any atom is -0.497 e. The molecule has 0 bridgehead atoms. The third kappa shape index (κ3) is 3.21. The van der Waals surface area contributed by atoms with Gasteiger partial charge in [0.1, 0.15) is 10.7 Å². The molecule has 0 N–H and O–H groups in total. The lowest BCUT2D eigenvalue weighted by Gasteiger charge is -2.15. The molecule has 138 valence electrons. The number of carbonyl (C=O) groups is 1. The Hall–Kier alpha value is -2.38. The largest absolute Gasteiger partial charge is 0.497 e. The molecule has 2 aliphatic heterocycles. The van der Waals surface area contributed by atoms with Crippen molar-refractivity contribution in [1.82, 2.24) is 4.90 Å². The summed E-state index contributed by atoms with van der Waals surface area (Å²) in [6.45, 7) is 2.56. The number of benzene rings is 2. The summed E-state index contributed by atoms with van der Waals surface area (Å²) in [7, 11) is 3.64. The number of likely N-dealkylation sites (N-methyl/N-ethyl adjacent to an activating group) is 1. The molecule has 1 saturated heterocycles. The van der Waals surface area contributed by atoms with Crippen LogP contribution in [0.15, 0.2) is 68.4 Å². The van der Waals surface area contributed by atoms with Crippen LogP contribution in [0.2, 0.25) is 0 Å². The fourth-order valence-corrected chi connectivity index (χ4v) is 5.35. The third-order valence-corrected chi connectivity index (χ3v) is 6.83. The standard InChI is InChI=1S/C20H19N3O2S2/c1-4-23-18(24)17(27-20(23)21-13-8-6-5-7-9-13)19-22(2)15-12-14(25-3)10-11-16(15)26-19/h5-12H,4H2,1-3H3/b19-17-,21-20?. The molecular formula is C20H19N3O2S2. The SMILES string of the molecule is CCN1C(=O)/C(=C2/Sc3ccc(OC)cc3N2C)SC1=Nc1ccccc1. The van der Waals surface area contributed by atoms with Gasteiger partial charge in [0.25, 0.3) is 5.91 Å². The summed E-state index contributed by atoms with van der Waals surface area (Å²) < 4.78 is 5.34. The van der Waals surface area contributed by atoms with Crippen LogP contribution in [-0.2, 0) is 4.79 Å². The summed E-state index contributed by atoms with van der Waals surface area (Å²) in [5.41, 5.74) is 1.89. The number of nitrogens with zero attached hydrogens (tertiary/aromatic N) is 3. The number of fused-ring (bicyclic) bond motifs is 1. The molecule has 27 heavy (non-hydrogen) atoms. The predicted octanol–water partition coefficient (Wildman–Crippen LogP) is 4.69. The Bertz CT molecular complexity index is 957. The van der Waals surface area contributed by atoms with E-state index in [0.717, 1.165) is 32.2 Å². The number of methoxy groups -OCH3 is 1. The number of hydrogen-bond donors (Lipinski definition) is 0. The van der Waals surface area contributed by atoms with Gasteiger partial charge in [0.2, 0.25) is 0 Å². The second-order valence-corrected chi connectivity index (χ2v) is 8.02. The Kier molecular flexibility index (Phi) is 4.88. The topological polar surface area (TPSA) is 45.1 Å². The molecule has 1 amide bonds. The van der Waals surface area contributed by atoms with E-state index in [0.29, 0.717) is 11.4 Å². The lowest BCUT2D eigenvalue weighted by molar-refractivity contribution is -0.122. The zero-order valence-corrected chi connectivity index (χ0v) is 16.9. The van der Waals surface area contributed by atoms with Gasteiger partial charge in [-0.2, -0.15) is 0 Å². The van der Waals surface area contributed by atoms with Crippen LogP contribution in [0.5, 0.6) is 5.75 Å². The number of hydrogen-bond acceptors (Lipinski definition) is 6. The van der Waals surface area contributed by atoms with Crippen molar-refractivity contribution in [3.8, 4) is 5.75 Å². The third-order valence-electron chi connectivity index (χ3n) is 4.39. The van der Waals surface area contributed by atoms with E-state index in [1.807, 2.05) is 62.5 Å². The first-order valence-electron chi connectivity index (χ1n) is 8.59. The highest BCUT2D eigenvalue weighted by molar-refractivity contribution is 8.19. The second-order valence-electron chi connectivity index (χ2n) is 6.01. The number of rotatable bonds is 3. The van der Waals surface area contributed by atoms with Crippen molar-refractivity contribution in [2.75, 3.05) is 25.6 Å². The lowest BCUT2D eigenvalue weighted by atomic mass is 10.3. The number of carbonyl (C=O) groups excluding carboxylic acids is 1. The number of aliphatic imine (C=N–C) groups is 1. The fraction of sp³-hybridized carbons (Fsp3) is 0.200. The van der Waals surface area contributed by atoms with Crippen LogP contribution in [0.3, 0.4) is 0 Å². The van der Waals surface area contributed by atoms with E-state index in [9.17, 15) is 4.79 Å². The number of anilines is 1. The molecule has 0 saturated carbocycles. The van der Waals surface area contributed by atoms with E-state index in [1.165, 1.54) is 11.8 Å². The summed E-state index contributed by atoms with van der Waals surface area (Å²) in [5.74, 6) is 0.811. The van der Waals surface area contributed by atoms with Gasteiger partial charge in [0.15, 0.2) is 5.17 Å². The van der Waals surface area contributed by atoms with E-state index in [4.69, 9.17) is 4.74 Å². The van der Waals surface area contributed by atoms with E-state index in [2.05, 4.69) is 9.89 Å². The highest BCUT2D eigenvalue weighted by atomic mass is 32.2. The first-order valence-corrected chi connectivity index (χ1v) is 10.2. The van der Waals surface area contributed by atoms with Gasteiger partial charge in [0, 0.05) is 24.6 Å². The van der Waals surface area contributed by atoms with E-state index in [1.54, 1.807) is 23.8 Å². The second kappa shape index (κ2) is 7.32. The molecule has 2 aromatic carbocycles. The van der Waals surface area contributed by atoms with Crippen molar-refractivity contribution >= 4 is 46.0 Å². The Morgan fingerprint density at radius 1 is 1.11 bits per heavy atom. The zero-order valence-electron chi connectivity index (χ0n) is 15.3. The van der Waals surface area contributed by atoms with Crippen LogP contribution in [0, 0.1) is 0 Å². The van der Waals surface area contributed by atoms with Crippen molar-refractivity contribution in [2.45, 2.75) is 11.8 Å². The monoisotopic (exact) mass is 397 g/mol. The van der Waals surface area contributed by atoms with Crippen LogP contribution < -0.4 is 9.64 Å². The van der Waals surface area contributed by atoms with Gasteiger partial charge in [0.05, 0.1) is 23.5 Å². The Morgan fingerprint density at radius 3 is 2.59 bits per heavy atom. The van der Waals surface area contributed by atoms with Gasteiger partial charge in [-0.3, -0.25) is 9.69 Å². The summed E-state index contributed by atoms with van der Waals surface area (Å²) in [5, 5.41) is 1.66. The molecule has 0 atom stereocenters. The highest BCUT2D eigenvalue weighted by Gasteiger charge is 2.38. The number of thioether (sulfide) groups is 2. The maximum Gasteiger partial charge on any atom is 0.269 e. The van der Waals surface area contributed by atoms with E-state index < -0.39 is 0 Å². The molecule has 2 aliphatic rings. The van der Waals surface area contributed by atoms with Gasteiger partial charge in [-0.05, 0) is 43.0 Å². The van der Waals surface area contributed by atoms with Crippen LogP contribution in [-0.4, -0.2) is 36.7 Å². The maximum absolute atomic E-state index is 13.0. The van der Waals surface area contributed by atoms with Crippen molar-refractivity contribution < 1.29 is 9.53 Å². The minimum absolute atomic E-state index is 0.00584. The van der Waals surface area contributed by atoms with E-state index >= 15 is 0 Å². The molecule has 1 fully saturated rings. The first-order chi connectivity index (χ1) is 13.1. The Morgan fingerprint density at radius 2 is 1.89 bits per heavy atom. The predicted molar refractivity (Wildman–Crippen MR) is 113 cm³/mol. The average molecular weight is 398 g/mol. The summed E-state index contributed by atoms with van der Waals surface area (Å²) in [4.78, 5) is 23.4. The molecule has 0 spiro atoms. The summed E-state index contributed by atoms with van der Waals surface area (Å²) in [6.07, 6.45) is 0. The number of para-hydroxylation sites is 1. The number of amides is 1. The highest BCUT2D eigenvalue weighted by Crippen LogP contribution is 2.50. The Balaban J connectivity index is 1.72. The molecular weight excluding hydrogens is 378 g/mol. The number of ether oxygens (including phenoxy) is 1. The lowest BCUT2D eigenvalue weighted by Crippen LogP contribution is -2.29. The normalized spacial score (nSPS) is 20.6. The van der Waals surface area contributed by atoms with Crippen LogP contribution >= 0.6 is 23.5 Å². The zero-order chi connectivity index (χ0) is 19.0. The molecule has 0 unspecified atom stereocenters. The van der Waals surface area contributed by atoms with Gasteiger partial charge >= 0.3 is 0 Å². The smallest absolute Gasteiger partial charge is 0.269 e. The van der Waals surface area contributed by atoms with Gasteiger partial charge in [-0.1, -0.05) is 30.0 Å². The first kappa shape index (κ1) is 18.0. The number of amidine groups is 1.